The van der Waals surface area contributed by atoms with Gasteiger partial charge in [0, 0.05) is 32.4 Å². The molecule has 2 aliphatic heterocycles. The third-order valence-corrected chi connectivity index (χ3v) is 5.56. The molecule has 1 aromatic heterocycles. The maximum atomic E-state index is 12.6. The van der Waals surface area contributed by atoms with Gasteiger partial charge in [0.15, 0.2) is 0 Å². The van der Waals surface area contributed by atoms with Crippen LogP contribution in [0.15, 0.2) is 18.3 Å². The van der Waals surface area contributed by atoms with Crippen molar-refractivity contribution < 1.29 is 18.0 Å². The van der Waals surface area contributed by atoms with E-state index in [1.807, 2.05) is 9.80 Å². The van der Waals surface area contributed by atoms with Crippen molar-refractivity contribution in [3.05, 3.63) is 23.9 Å². The number of halogens is 3. The normalized spacial score (nSPS) is 22.5. The zero-order valence-corrected chi connectivity index (χ0v) is 13.4. The molecule has 2 fully saturated rings. The molecule has 0 saturated carbocycles. The first-order valence-corrected chi connectivity index (χ1v) is 8.68. The number of pyridine rings is 1. The molecule has 1 atom stereocenters. The molecule has 0 spiro atoms. The standard InChI is InChI=1S/C15H18F3N3OS/c16-15(17,18)11-3-4-13(19-10-11)20-5-7-21(8-6-20)14(22)12-2-1-9-23-12/h3-4,10,12H,1-2,5-9H2/t12-/m0/s1. The number of nitrogens with zero attached hydrogens (tertiary/aromatic N) is 3. The Balaban J connectivity index is 1.57. The second kappa shape index (κ2) is 6.59. The van der Waals surface area contributed by atoms with Gasteiger partial charge in [-0.15, -0.1) is 11.8 Å². The lowest BCUT2D eigenvalue weighted by atomic mass is 10.2. The van der Waals surface area contributed by atoms with E-state index in [0.717, 1.165) is 30.9 Å². The number of aromatic nitrogens is 1. The Morgan fingerprint density at radius 3 is 2.48 bits per heavy atom. The molecule has 1 amide bonds. The highest BCUT2D eigenvalue weighted by atomic mass is 32.2. The van der Waals surface area contributed by atoms with Crippen molar-refractivity contribution in [2.45, 2.75) is 24.3 Å². The van der Waals surface area contributed by atoms with E-state index in [9.17, 15) is 18.0 Å². The van der Waals surface area contributed by atoms with Crippen molar-refractivity contribution in [3.63, 3.8) is 0 Å². The molecule has 0 bridgehead atoms. The second-order valence-electron chi connectivity index (χ2n) is 5.72. The molecule has 23 heavy (non-hydrogen) atoms. The number of carbonyl (C=O) groups excluding carboxylic acids is 1. The van der Waals surface area contributed by atoms with Crippen molar-refractivity contribution in [1.82, 2.24) is 9.88 Å². The molecule has 0 unspecified atom stereocenters. The summed E-state index contributed by atoms with van der Waals surface area (Å²) in [4.78, 5) is 20.0. The van der Waals surface area contributed by atoms with Crippen molar-refractivity contribution in [3.8, 4) is 0 Å². The van der Waals surface area contributed by atoms with Gasteiger partial charge in [0.2, 0.25) is 5.91 Å². The third-order valence-electron chi connectivity index (χ3n) is 4.20. The van der Waals surface area contributed by atoms with Gasteiger partial charge in [0.1, 0.15) is 5.82 Å². The van der Waals surface area contributed by atoms with E-state index >= 15 is 0 Å². The van der Waals surface area contributed by atoms with Crippen molar-refractivity contribution in [2.24, 2.45) is 0 Å². The van der Waals surface area contributed by atoms with E-state index in [0.29, 0.717) is 32.0 Å². The van der Waals surface area contributed by atoms with Crippen LogP contribution < -0.4 is 4.90 Å². The Morgan fingerprint density at radius 1 is 1.22 bits per heavy atom. The average Bonchev–Trinajstić information content (AvgIpc) is 3.08. The van der Waals surface area contributed by atoms with Gasteiger partial charge in [0.05, 0.1) is 10.8 Å². The minimum Gasteiger partial charge on any atom is -0.353 e. The van der Waals surface area contributed by atoms with E-state index in [1.54, 1.807) is 11.8 Å². The van der Waals surface area contributed by atoms with Crippen molar-refractivity contribution >= 4 is 23.5 Å². The summed E-state index contributed by atoms with van der Waals surface area (Å²) in [5, 5.41) is 0.0887. The fraction of sp³-hybridized carbons (Fsp3) is 0.600. The number of thioether (sulfide) groups is 1. The maximum absolute atomic E-state index is 12.6. The molecule has 8 heteroatoms. The fourth-order valence-corrected chi connectivity index (χ4v) is 4.12. The number of hydrogen-bond acceptors (Lipinski definition) is 4. The highest BCUT2D eigenvalue weighted by Crippen LogP contribution is 2.30. The summed E-state index contributed by atoms with van der Waals surface area (Å²) < 4.78 is 37.7. The van der Waals surface area contributed by atoms with Gasteiger partial charge in [-0.2, -0.15) is 13.2 Å². The SMILES string of the molecule is O=C([C@@H]1CCCS1)N1CCN(c2ccc(C(F)(F)F)cn2)CC1. The van der Waals surface area contributed by atoms with Gasteiger partial charge >= 0.3 is 6.18 Å². The highest BCUT2D eigenvalue weighted by Gasteiger charge is 2.32. The smallest absolute Gasteiger partial charge is 0.353 e. The molecule has 2 aliphatic rings. The van der Waals surface area contributed by atoms with Crippen LogP contribution in [-0.2, 0) is 11.0 Å². The monoisotopic (exact) mass is 345 g/mol. The maximum Gasteiger partial charge on any atom is 0.417 e. The molecule has 3 rings (SSSR count). The van der Waals surface area contributed by atoms with Gasteiger partial charge in [-0.3, -0.25) is 4.79 Å². The quantitative estimate of drug-likeness (QED) is 0.826. The highest BCUT2D eigenvalue weighted by molar-refractivity contribution is 8.00. The molecule has 126 valence electrons. The van der Waals surface area contributed by atoms with E-state index in [2.05, 4.69) is 4.98 Å². The zero-order valence-electron chi connectivity index (χ0n) is 12.6. The van der Waals surface area contributed by atoms with Gasteiger partial charge in [0.25, 0.3) is 0 Å². The lowest BCUT2D eigenvalue weighted by Crippen LogP contribution is -2.51. The van der Waals surface area contributed by atoms with E-state index in [-0.39, 0.29) is 11.2 Å². The van der Waals surface area contributed by atoms with Crippen LogP contribution in [0.4, 0.5) is 19.0 Å². The fourth-order valence-electron chi connectivity index (χ4n) is 2.87. The molecule has 4 nitrogen and oxygen atoms in total. The number of rotatable bonds is 2. The molecule has 0 aromatic carbocycles. The largest absolute Gasteiger partial charge is 0.417 e. The lowest BCUT2D eigenvalue weighted by Gasteiger charge is -2.36. The average molecular weight is 345 g/mol. The Morgan fingerprint density at radius 2 is 1.96 bits per heavy atom. The predicted molar refractivity (Wildman–Crippen MR) is 83.5 cm³/mol. The Hall–Kier alpha value is -1.44. The number of piperazine rings is 1. The molecule has 1 aromatic rings. The second-order valence-corrected chi connectivity index (χ2v) is 7.03. The molecular weight excluding hydrogens is 327 g/mol. The van der Waals surface area contributed by atoms with Crippen LogP contribution in [0.25, 0.3) is 0 Å². The Labute approximate surface area is 137 Å². The summed E-state index contributed by atoms with van der Waals surface area (Å²) in [6.45, 7) is 2.39. The van der Waals surface area contributed by atoms with E-state index in [4.69, 9.17) is 0 Å². The van der Waals surface area contributed by atoms with E-state index < -0.39 is 11.7 Å². The minimum atomic E-state index is -4.37. The Kier molecular flexibility index (Phi) is 4.70. The summed E-state index contributed by atoms with van der Waals surface area (Å²) in [6.07, 6.45) is -1.46. The molecule has 0 aliphatic carbocycles. The van der Waals surface area contributed by atoms with Crippen LogP contribution >= 0.6 is 11.8 Å². The summed E-state index contributed by atoms with van der Waals surface area (Å²) >= 11 is 1.72. The van der Waals surface area contributed by atoms with Gasteiger partial charge in [-0.1, -0.05) is 0 Å². The van der Waals surface area contributed by atoms with Crippen LogP contribution in [0, 0.1) is 0 Å². The molecular formula is C15H18F3N3OS. The summed E-state index contributed by atoms with van der Waals surface area (Å²) in [6, 6.07) is 2.45. The van der Waals surface area contributed by atoms with Crippen LogP contribution in [0.1, 0.15) is 18.4 Å². The number of anilines is 1. The first-order valence-electron chi connectivity index (χ1n) is 7.64. The van der Waals surface area contributed by atoms with Crippen LogP contribution in [0.2, 0.25) is 0 Å². The number of carbonyl (C=O) groups is 1. The molecule has 3 heterocycles. The molecule has 0 N–H and O–H groups in total. The molecule has 2 saturated heterocycles. The lowest BCUT2D eigenvalue weighted by molar-refractivity contribution is -0.137. The van der Waals surface area contributed by atoms with Gasteiger partial charge in [-0.25, -0.2) is 4.98 Å². The summed E-state index contributed by atoms with van der Waals surface area (Å²) in [5.41, 5.74) is -0.742. The predicted octanol–water partition coefficient (Wildman–Crippen LogP) is 2.64. The Bertz CT molecular complexity index is 550. The zero-order chi connectivity index (χ0) is 16.4. The number of alkyl halides is 3. The van der Waals surface area contributed by atoms with Gasteiger partial charge in [-0.05, 0) is 30.7 Å². The number of amides is 1. The van der Waals surface area contributed by atoms with Crippen LogP contribution in [0.5, 0.6) is 0 Å². The van der Waals surface area contributed by atoms with Crippen molar-refractivity contribution in [1.29, 1.82) is 0 Å². The van der Waals surface area contributed by atoms with Crippen LogP contribution in [0.3, 0.4) is 0 Å². The third kappa shape index (κ3) is 3.73. The van der Waals surface area contributed by atoms with Gasteiger partial charge < -0.3 is 9.80 Å². The number of hydrogen-bond donors (Lipinski definition) is 0. The van der Waals surface area contributed by atoms with Crippen LogP contribution in [-0.4, -0.2) is 53.0 Å². The molecule has 0 radical (unpaired) electrons. The topological polar surface area (TPSA) is 36.4 Å². The summed E-state index contributed by atoms with van der Waals surface area (Å²) in [7, 11) is 0. The van der Waals surface area contributed by atoms with Crippen molar-refractivity contribution in [2.75, 3.05) is 36.8 Å². The summed E-state index contributed by atoms with van der Waals surface area (Å²) in [5.74, 6) is 1.78. The minimum absolute atomic E-state index is 0.0887. The first-order chi connectivity index (χ1) is 10.9. The van der Waals surface area contributed by atoms with E-state index in [1.165, 1.54) is 6.07 Å². The first kappa shape index (κ1) is 16.4.